The quantitative estimate of drug-likeness (QED) is 0.271. The van der Waals surface area contributed by atoms with Crippen LogP contribution in [0.1, 0.15) is 28.4 Å². The second-order valence-corrected chi connectivity index (χ2v) is 8.28. The Bertz CT molecular complexity index is 1220. The van der Waals surface area contributed by atoms with Crippen LogP contribution in [-0.2, 0) is 0 Å². The summed E-state index contributed by atoms with van der Waals surface area (Å²) in [5.74, 6) is 1.84. The second-order valence-electron chi connectivity index (χ2n) is 7.33. The number of aromatic nitrogens is 4. The fourth-order valence-corrected chi connectivity index (χ4v) is 4.22. The molecule has 4 rings (SSSR count). The molecule has 0 aliphatic heterocycles. The van der Waals surface area contributed by atoms with Crippen molar-refractivity contribution in [3.63, 3.8) is 0 Å². The van der Waals surface area contributed by atoms with Crippen molar-refractivity contribution in [1.82, 2.24) is 19.7 Å². The molecule has 0 aliphatic rings. The number of carbonyl (C=O) groups is 1. The van der Waals surface area contributed by atoms with Gasteiger partial charge in [0.25, 0.3) is 0 Å². The van der Waals surface area contributed by atoms with Gasteiger partial charge in [-0.25, -0.2) is 0 Å². The summed E-state index contributed by atoms with van der Waals surface area (Å²) < 4.78 is 7.54. The van der Waals surface area contributed by atoms with Gasteiger partial charge < -0.3 is 4.74 Å². The van der Waals surface area contributed by atoms with Crippen LogP contribution in [0.2, 0.25) is 0 Å². The number of Topliss-reactive ketones (excluding diaryl/α,β-unsaturated/α-hetero) is 1. The summed E-state index contributed by atoms with van der Waals surface area (Å²) in [5.41, 5.74) is 4.59. The summed E-state index contributed by atoms with van der Waals surface area (Å²) >= 11 is 1.38. The standard InChI is InChI=1S/C25H24N4O2S/c1-4-31-21-9-7-20(8-10-21)29-24(19-11-13-26-14-12-19)27-28-25(29)32-16-23(30)22-15-17(2)5-6-18(22)3/h5-15H,4,16H2,1-3H3. The zero-order valence-electron chi connectivity index (χ0n) is 18.3. The average molecular weight is 445 g/mol. The molecule has 0 atom stereocenters. The van der Waals surface area contributed by atoms with Gasteiger partial charge in [0, 0.05) is 29.2 Å². The number of benzene rings is 2. The summed E-state index contributed by atoms with van der Waals surface area (Å²) in [6, 6.07) is 17.5. The normalized spacial score (nSPS) is 10.8. The summed E-state index contributed by atoms with van der Waals surface area (Å²) in [4.78, 5) is 17.0. The van der Waals surface area contributed by atoms with Crippen molar-refractivity contribution in [2.45, 2.75) is 25.9 Å². The van der Waals surface area contributed by atoms with Crippen LogP contribution in [0, 0.1) is 13.8 Å². The number of pyridine rings is 1. The Morgan fingerprint density at radius 3 is 2.47 bits per heavy atom. The molecule has 0 saturated carbocycles. The molecule has 6 nitrogen and oxygen atoms in total. The van der Waals surface area contributed by atoms with Crippen molar-refractivity contribution in [2.24, 2.45) is 0 Å². The first-order valence-electron chi connectivity index (χ1n) is 10.4. The molecule has 0 unspecified atom stereocenters. The van der Waals surface area contributed by atoms with Gasteiger partial charge in [0.1, 0.15) is 5.75 Å². The van der Waals surface area contributed by atoms with E-state index in [9.17, 15) is 4.79 Å². The molecule has 0 fully saturated rings. The van der Waals surface area contributed by atoms with Crippen LogP contribution >= 0.6 is 11.8 Å². The first-order chi connectivity index (χ1) is 15.6. The largest absolute Gasteiger partial charge is 0.494 e. The van der Waals surface area contributed by atoms with Crippen LogP contribution in [-0.4, -0.2) is 37.9 Å². The van der Waals surface area contributed by atoms with Crippen molar-refractivity contribution in [2.75, 3.05) is 12.4 Å². The molecular weight excluding hydrogens is 420 g/mol. The number of aryl methyl sites for hydroxylation is 2. The zero-order chi connectivity index (χ0) is 22.5. The Balaban J connectivity index is 1.67. The molecule has 0 spiro atoms. The molecular formula is C25H24N4O2S. The number of carbonyl (C=O) groups excluding carboxylic acids is 1. The molecule has 0 N–H and O–H groups in total. The van der Waals surface area contributed by atoms with Gasteiger partial charge in [-0.15, -0.1) is 10.2 Å². The molecule has 32 heavy (non-hydrogen) atoms. The fraction of sp³-hybridized carbons (Fsp3) is 0.200. The lowest BCUT2D eigenvalue weighted by Crippen LogP contribution is -2.07. The maximum atomic E-state index is 12.9. The van der Waals surface area contributed by atoms with Crippen molar-refractivity contribution < 1.29 is 9.53 Å². The first-order valence-corrected chi connectivity index (χ1v) is 11.4. The van der Waals surface area contributed by atoms with Gasteiger partial charge in [-0.05, 0) is 68.8 Å². The average Bonchev–Trinajstić information content (AvgIpc) is 3.24. The third-order valence-electron chi connectivity index (χ3n) is 5.00. The minimum Gasteiger partial charge on any atom is -0.494 e. The Morgan fingerprint density at radius 1 is 1.00 bits per heavy atom. The van der Waals surface area contributed by atoms with Gasteiger partial charge in [0.05, 0.1) is 12.4 Å². The highest BCUT2D eigenvalue weighted by Gasteiger charge is 2.18. The van der Waals surface area contributed by atoms with Crippen LogP contribution in [0.3, 0.4) is 0 Å². The predicted molar refractivity (Wildman–Crippen MR) is 127 cm³/mol. The van der Waals surface area contributed by atoms with Crippen molar-refractivity contribution in [3.8, 4) is 22.8 Å². The van der Waals surface area contributed by atoms with E-state index in [0.29, 0.717) is 17.6 Å². The second kappa shape index (κ2) is 9.78. The molecule has 2 aromatic heterocycles. The smallest absolute Gasteiger partial charge is 0.196 e. The zero-order valence-corrected chi connectivity index (χ0v) is 19.1. The van der Waals surface area contributed by atoms with Crippen molar-refractivity contribution in [3.05, 3.63) is 83.7 Å². The lowest BCUT2D eigenvalue weighted by Gasteiger charge is -2.12. The lowest BCUT2D eigenvalue weighted by atomic mass is 10.0. The first kappa shape index (κ1) is 21.8. The lowest BCUT2D eigenvalue weighted by molar-refractivity contribution is 0.102. The number of ketones is 1. The van der Waals surface area contributed by atoms with Gasteiger partial charge in [-0.2, -0.15) is 0 Å². The highest BCUT2D eigenvalue weighted by atomic mass is 32.2. The Hall–Kier alpha value is -3.45. The number of nitrogens with zero attached hydrogens (tertiary/aromatic N) is 4. The number of rotatable bonds is 8. The molecule has 2 aromatic carbocycles. The Labute approximate surface area is 191 Å². The molecule has 2 heterocycles. The molecule has 0 saturated heterocycles. The molecule has 0 radical (unpaired) electrons. The SMILES string of the molecule is CCOc1ccc(-n2c(SCC(=O)c3cc(C)ccc3C)nnc2-c2ccncc2)cc1. The summed E-state index contributed by atoms with van der Waals surface area (Å²) in [5, 5.41) is 9.48. The van der Waals surface area contributed by atoms with E-state index < -0.39 is 0 Å². The predicted octanol–water partition coefficient (Wildman–Crippen LogP) is 5.32. The van der Waals surface area contributed by atoms with Gasteiger partial charge >= 0.3 is 0 Å². The molecule has 162 valence electrons. The maximum Gasteiger partial charge on any atom is 0.196 e. The highest BCUT2D eigenvalue weighted by molar-refractivity contribution is 7.99. The Morgan fingerprint density at radius 2 is 1.75 bits per heavy atom. The highest BCUT2D eigenvalue weighted by Crippen LogP contribution is 2.29. The Kier molecular flexibility index (Phi) is 6.66. The topological polar surface area (TPSA) is 69.9 Å². The van der Waals surface area contributed by atoms with Crippen LogP contribution in [0.4, 0.5) is 0 Å². The van der Waals surface area contributed by atoms with E-state index in [2.05, 4.69) is 15.2 Å². The number of hydrogen-bond donors (Lipinski definition) is 0. The van der Waals surface area contributed by atoms with E-state index in [0.717, 1.165) is 33.7 Å². The van der Waals surface area contributed by atoms with E-state index in [1.165, 1.54) is 11.8 Å². The van der Waals surface area contributed by atoms with Crippen molar-refractivity contribution in [1.29, 1.82) is 0 Å². The minimum absolute atomic E-state index is 0.0721. The fourth-order valence-electron chi connectivity index (χ4n) is 3.39. The van der Waals surface area contributed by atoms with E-state index >= 15 is 0 Å². The van der Waals surface area contributed by atoms with Gasteiger partial charge in [0.15, 0.2) is 16.8 Å². The molecule has 0 bridgehead atoms. The third-order valence-corrected chi connectivity index (χ3v) is 5.93. The van der Waals surface area contributed by atoms with Gasteiger partial charge in [0.2, 0.25) is 0 Å². The van der Waals surface area contributed by atoms with E-state index in [4.69, 9.17) is 4.74 Å². The minimum atomic E-state index is 0.0721. The summed E-state index contributed by atoms with van der Waals surface area (Å²) in [6.45, 7) is 6.51. The number of ether oxygens (including phenoxy) is 1. The summed E-state index contributed by atoms with van der Waals surface area (Å²) in [6.07, 6.45) is 3.45. The third kappa shape index (κ3) is 4.73. The van der Waals surface area contributed by atoms with Crippen LogP contribution in [0.25, 0.3) is 17.1 Å². The van der Waals surface area contributed by atoms with Crippen LogP contribution in [0.5, 0.6) is 5.75 Å². The van der Waals surface area contributed by atoms with E-state index in [-0.39, 0.29) is 11.5 Å². The van der Waals surface area contributed by atoms with Crippen LogP contribution < -0.4 is 4.74 Å². The molecule has 0 amide bonds. The van der Waals surface area contributed by atoms with Gasteiger partial charge in [-0.3, -0.25) is 14.3 Å². The molecule has 4 aromatic rings. The maximum absolute atomic E-state index is 12.9. The van der Waals surface area contributed by atoms with E-state index in [1.807, 2.05) is 79.9 Å². The molecule has 7 heteroatoms. The monoisotopic (exact) mass is 444 g/mol. The van der Waals surface area contributed by atoms with Crippen LogP contribution in [0.15, 0.2) is 72.1 Å². The van der Waals surface area contributed by atoms with E-state index in [1.54, 1.807) is 12.4 Å². The summed E-state index contributed by atoms with van der Waals surface area (Å²) in [7, 11) is 0. The number of thioether (sulfide) groups is 1. The van der Waals surface area contributed by atoms with Gasteiger partial charge in [-0.1, -0.05) is 29.5 Å². The molecule has 0 aliphatic carbocycles. The number of hydrogen-bond acceptors (Lipinski definition) is 6. The van der Waals surface area contributed by atoms with Crippen molar-refractivity contribution >= 4 is 17.5 Å².